The fourth-order valence-electron chi connectivity index (χ4n) is 5.00. The number of methoxy groups -OCH3 is 2. The maximum Gasteiger partial charge on any atom is 0.264 e. The van der Waals surface area contributed by atoms with Crippen molar-refractivity contribution in [1.29, 1.82) is 0 Å². The molecule has 0 unspecified atom stereocenters. The summed E-state index contributed by atoms with van der Waals surface area (Å²) in [6.07, 6.45) is 0.935. The van der Waals surface area contributed by atoms with E-state index < -0.39 is 28.5 Å². The first-order valence-corrected chi connectivity index (χ1v) is 16.6. The average molecular weight is 644 g/mol. The molecule has 0 radical (unpaired) electrons. The highest BCUT2D eigenvalue weighted by atomic mass is 32.2. The van der Waals surface area contributed by atoms with E-state index in [0.29, 0.717) is 12.2 Å². The number of anilines is 1. The number of nitrogens with zero attached hydrogens (tertiary/aromatic N) is 2. The number of carbonyl (C=O) groups excluding carboxylic acids is 2. The van der Waals surface area contributed by atoms with E-state index in [1.165, 1.54) is 37.3 Å². The van der Waals surface area contributed by atoms with Gasteiger partial charge < -0.3 is 19.7 Å². The smallest absolute Gasteiger partial charge is 0.264 e. The Morgan fingerprint density at radius 2 is 1.39 bits per heavy atom. The van der Waals surface area contributed by atoms with Gasteiger partial charge in [-0.15, -0.1) is 0 Å². The minimum Gasteiger partial charge on any atom is -0.497 e. The van der Waals surface area contributed by atoms with Crippen LogP contribution < -0.4 is 19.1 Å². The molecule has 0 aliphatic rings. The summed E-state index contributed by atoms with van der Waals surface area (Å²) in [7, 11) is -1.39. The Bertz CT molecular complexity index is 1690. The van der Waals surface area contributed by atoms with Gasteiger partial charge >= 0.3 is 0 Å². The molecule has 0 aromatic heterocycles. The van der Waals surface area contributed by atoms with Gasteiger partial charge in [0.1, 0.15) is 24.1 Å². The van der Waals surface area contributed by atoms with Crippen LogP contribution in [-0.4, -0.2) is 58.0 Å². The Hall–Kier alpha value is -4.83. The number of hydrogen-bond donors (Lipinski definition) is 1. The van der Waals surface area contributed by atoms with Crippen LogP contribution in [0.25, 0.3) is 0 Å². The summed E-state index contributed by atoms with van der Waals surface area (Å²) in [6.45, 7) is 3.36. The molecule has 4 aromatic rings. The monoisotopic (exact) mass is 643 g/mol. The summed E-state index contributed by atoms with van der Waals surface area (Å²) >= 11 is 0. The van der Waals surface area contributed by atoms with Gasteiger partial charge in [0.05, 0.1) is 24.8 Å². The average Bonchev–Trinajstić information content (AvgIpc) is 3.09. The maximum atomic E-state index is 14.6. The predicted octanol–water partition coefficient (Wildman–Crippen LogP) is 5.45. The summed E-state index contributed by atoms with van der Waals surface area (Å²) in [5.41, 5.74) is 1.78. The lowest BCUT2D eigenvalue weighted by molar-refractivity contribution is -0.140. The Kier molecular flexibility index (Phi) is 11.8. The van der Waals surface area contributed by atoms with Crippen LogP contribution in [0, 0.1) is 0 Å². The molecule has 0 aliphatic carbocycles. The summed E-state index contributed by atoms with van der Waals surface area (Å²) in [4.78, 5) is 30.0. The summed E-state index contributed by atoms with van der Waals surface area (Å²) in [5, 5.41) is 3.04. The minimum absolute atomic E-state index is 0.00219. The van der Waals surface area contributed by atoms with E-state index in [9.17, 15) is 18.0 Å². The summed E-state index contributed by atoms with van der Waals surface area (Å²) in [6, 6.07) is 30.4. The van der Waals surface area contributed by atoms with Gasteiger partial charge in [0.25, 0.3) is 10.0 Å². The zero-order chi connectivity index (χ0) is 33.1. The molecule has 1 N–H and O–H groups in total. The molecular weight excluding hydrogens is 602 g/mol. The van der Waals surface area contributed by atoms with Crippen LogP contribution in [0.1, 0.15) is 31.4 Å². The van der Waals surface area contributed by atoms with Crippen molar-refractivity contribution in [3.05, 3.63) is 120 Å². The number of benzene rings is 4. The van der Waals surface area contributed by atoms with Gasteiger partial charge in [-0.1, -0.05) is 85.8 Å². The molecule has 0 fully saturated rings. The predicted molar refractivity (Wildman–Crippen MR) is 179 cm³/mol. The van der Waals surface area contributed by atoms with Crippen LogP contribution in [0.4, 0.5) is 5.69 Å². The zero-order valence-corrected chi connectivity index (χ0v) is 27.4. The number of sulfonamides is 1. The maximum absolute atomic E-state index is 14.6. The highest BCUT2D eigenvalue weighted by Gasteiger charge is 2.36. The van der Waals surface area contributed by atoms with Crippen molar-refractivity contribution in [3.8, 4) is 11.5 Å². The topological polar surface area (TPSA) is 105 Å². The van der Waals surface area contributed by atoms with Crippen LogP contribution >= 0.6 is 0 Å². The number of hydrogen-bond acceptors (Lipinski definition) is 6. The molecule has 46 heavy (non-hydrogen) atoms. The lowest BCUT2D eigenvalue weighted by Gasteiger charge is -2.34. The fraction of sp³-hybridized carbons (Fsp3) is 0.278. The van der Waals surface area contributed by atoms with Gasteiger partial charge in [-0.25, -0.2) is 8.42 Å². The zero-order valence-electron chi connectivity index (χ0n) is 26.6. The summed E-state index contributed by atoms with van der Waals surface area (Å²) in [5.74, 6) is -0.266. The number of amides is 2. The molecule has 0 aliphatic heterocycles. The molecule has 2 atom stereocenters. The van der Waals surface area contributed by atoms with Crippen LogP contribution in [0.2, 0.25) is 0 Å². The van der Waals surface area contributed by atoms with Gasteiger partial charge in [0.15, 0.2) is 0 Å². The molecule has 0 spiro atoms. The number of carbonyl (C=O) groups is 2. The molecule has 0 saturated heterocycles. The molecule has 242 valence electrons. The van der Waals surface area contributed by atoms with E-state index in [-0.39, 0.29) is 41.2 Å². The number of rotatable bonds is 15. The van der Waals surface area contributed by atoms with Crippen LogP contribution in [0.3, 0.4) is 0 Å². The van der Waals surface area contributed by atoms with E-state index in [2.05, 4.69) is 5.32 Å². The molecule has 0 saturated carbocycles. The lowest BCUT2D eigenvalue weighted by atomic mass is 10.0. The van der Waals surface area contributed by atoms with Crippen LogP contribution in [0.5, 0.6) is 11.5 Å². The first kappa shape index (κ1) is 34.1. The summed E-state index contributed by atoms with van der Waals surface area (Å²) < 4.78 is 40.6. The highest BCUT2D eigenvalue weighted by molar-refractivity contribution is 7.92. The van der Waals surface area contributed by atoms with Crippen molar-refractivity contribution >= 4 is 27.5 Å². The SMILES string of the molecule is CC[C@H](C)NC(=O)[C@H](Cc1ccccc1)N(Cc1ccccc1)C(=O)CN(c1cc(OC)ccc1OC)S(=O)(=O)c1ccccc1. The third-order valence-corrected chi connectivity index (χ3v) is 9.51. The molecule has 9 nitrogen and oxygen atoms in total. The molecule has 4 rings (SSSR count). The first-order valence-electron chi connectivity index (χ1n) is 15.1. The fourth-order valence-corrected chi connectivity index (χ4v) is 6.44. The van der Waals surface area contributed by atoms with E-state index >= 15 is 0 Å². The Morgan fingerprint density at radius 3 is 1.96 bits per heavy atom. The standard InChI is InChI=1S/C36H41N3O6S/c1-5-27(2)37-36(41)33(23-28-15-9-6-10-16-28)38(25-29-17-11-7-12-18-29)35(40)26-39(46(42,43)31-19-13-8-14-20-31)32-24-30(44-3)21-22-34(32)45-4/h6-22,24,27,33H,5,23,25-26H2,1-4H3,(H,37,41)/t27-,33-/m0/s1. The molecule has 0 bridgehead atoms. The van der Waals surface area contributed by atoms with Crippen molar-refractivity contribution in [2.24, 2.45) is 0 Å². The molecule has 2 amide bonds. The minimum atomic E-state index is -4.29. The Morgan fingerprint density at radius 1 is 0.804 bits per heavy atom. The normalized spacial score (nSPS) is 12.4. The quantitative estimate of drug-likeness (QED) is 0.185. The molecular formula is C36H41N3O6S. The second-order valence-electron chi connectivity index (χ2n) is 10.9. The second-order valence-corrected chi connectivity index (χ2v) is 12.8. The van der Waals surface area contributed by atoms with E-state index in [1.54, 1.807) is 30.3 Å². The Balaban J connectivity index is 1.85. The molecule has 10 heteroatoms. The third kappa shape index (κ3) is 8.45. The Labute approximate surface area is 271 Å². The van der Waals surface area contributed by atoms with Crippen molar-refractivity contribution in [2.75, 3.05) is 25.1 Å². The van der Waals surface area contributed by atoms with Crippen molar-refractivity contribution < 1.29 is 27.5 Å². The third-order valence-electron chi connectivity index (χ3n) is 7.73. The van der Waals surface area contributed by atoms with Gasteiger partial charge in [-0.05, 0) is 48.7 Å². The van der Waals surface area contributed by atoms with Crippen LogP contribution in [-0.2, 0) is 32.6 Å². The van der Waals surface area contributed by atoms with E-state index in [4.69, 9.17) is 9.47 Å². The van der Waals surface area contributed by atoms with Crippen molar-refractivity contribution in [3.63, 3.8) is 0 Å². The largest absolute Gasteiger partial charge is 0.497 e. The molecule has 0 heterocycles. The highest BCUT2D eigenvalue weighted by Crippen LogP contribution is 2.36. The second kappa shape index (κ2) is 15.9. The van der Waals surface area contributed by atoms with Crippen LogP contribution in [0.15, 0.2) is 114 Å². The number of nitrogens with one attached hydrogen (secondary N) is 1. The van der Waals surface area contributed by atoms with Gasteiger partial charge in [-0.2, -0.15) is 0 Å². The first-order chi connectivity index (χ1) is 22.2. The number of ether oxygens (including phenoxy) is 2. The molecule has 4 aromatic carbocycles. The van der Waals surface area contributed by atoms with Gasteiger partial charge in [0, 0.05) is 25.1 Å². The van der Waals surface area contributed by atoms with E-state index in [0.717, 1.165) is 15.4 Å². The van der Waals surface area contributed by atoms with E-state index in [1.807, 2.05) is 74.5 Å². The van der Waals surface area contributed by atoms with Crippen molar-refractivity contribution in [2.45, 2.75) is 50.2 Å². The van der Waals surface area contributed by atoms with Gasteiger partial charge in [0.2, 0.25) is 11.8 Å². The lowest BCUT2D eigenvalue weighted by Crippen LogP contribution is -2.54. The van der Waals surface area contributed by atoms with Gasteiger partial charge in [-0.3, -0.25) is 13.9 Å². The van der Waals surface area contributed by atoms with Crippen molar-refractivity contribution in [1.82, 2.24) is 10.2 Å².